The maximum absolute atomic E-state index is 5.19. The van der Waals surface area contributed by atoms with Crippen molar-refractivity contribution in [1.29, 1.82) is 0 Å². The molecule has 1 aromatic carbocycles. The predicted molar refractivity (Wildman–Crippen MR) is 87.1 cm³/mol. The molecule has 0 unspecified atom stereocenters. The molecule has 0 saturated heterocycles. The summed E-state index contributed by atoms with van der Waals surface area (Å²) >= 11 is 0. The summed E-state index contributed by atoms with van der Waals surface area (Å²) in [6.07, 6.45) is 1.95. The van der Waals surface area contributed by atoms with Gasteiger partial charge < -0.3 is 9.84 Å². The number of fused-ring (bicyclic) bond motifs is 1. The van der Waals surface area contributed by atoms with Crippen LogP contribution in [0.25, 0.3) is 11.0 Å². The van der Waals surface area contributed by atoms with E-state index in [9.17, 15) is 0 Å². The minimum absolute atomic E-state index is 0.845. The van der Waals surface area contributed by atoms with Gasteiger partial charge in [-0.1, -0.05) is 17.3 Å². The van der Waals surface area contributed by atoms with Crippen molar-refractivity contribution in [3.05, 3.63) is 47.0 Å². The van der Waals surface area contributed by atoms with Crippen LogP contribution in [0.3, 0.4) is 0 Å². The van der Waals surface area contributed by atoms with Crippen LogP contribution in [0.5, 0.6) is 0 Å². The van der Waals surface area contributed by atoms with Crippen molar-refractivity contribution >= 4 is 16.9 Å². The molecule has 0 aliphatic heterocycles. The Morgan fingerprint density at radius 1 is 1.00 bits per heavy atom. The molecule has 0 radical (unpaired) electrons. The number of anilines is 1. The summed E-state index contributed by atoms with van der Waals surface area (Å²) in [6.45, 7) is 6.77. The topological polar surface area (TPSA) is 63.8 Å². The molecular weight excluding hydrogens is 276 g/mol. The molecule has 2 aromatic heterocycles. The maximum Gasteiger partial charge on any atom is 0.148 e. The number of nitrogens with one attached hydrogen (secondary N) is 1. The van der Waals surface area contributed by atoms with Crippen molar-refractivity contribution < 1.29 is 4.52 Å². The van der Waals surface area contributed by atoms with E-state index < -0.39 is 0 Å². The van der Waals surface area contributed by atoms with Gasteiger partial charge in [0, 0.05) is 12.1 Å². The molecule has 1 N–H and O–H groups in total. The van der Waals surface area contributed by atoms with Crippen LogP contribution in [0.15, 0.2) is 28.8 Å². The number of nitrogens with zero attached hydrogens (tertiary/aromatic N) is 3. The van der Waals surface area contributed by atoms with Crippen molar-refractivity contribution in [3.63, 3.8) is 0 Å². The SMILES string of the molecule is Cc1nc2ccccc2nc1NCCCc1c(C)noc1C. The first-order valence-corrected chi connectivity index (χ1v) is 7.54. The average molecular weight is 296 g/mol. The van der Waals surface area contributed by atoms with Gasteiger partial charge in [0.1, 0.15) is 11.6 Å². The van der Waals surface area contributed by atoms with Gasteiger partial charge in [-0.2, -0.15) is 0 Å². The second-order valence-electron chi connectivity index (χ2n) is 5.48. The van der Waals surface area contributed by atoms with Crippen LogP contribution in [0.2, 0.25) is 0 Å². The molecule has 5 heteroatoms. The van der Waals surface area contributed by atoms with Crippen molar-refractivity contribution in [1.82, 2.24) is 15.1 Å². The van der Waals surface area contributed by atoms with Gasteiger partial charge in [0.15, 0.2) is 0 Å². The average Bonchev–Trinajstić information content (AvgIpc) is 2.83. The van der Waals surface area contributed by atoms with E-state index in [1.54, 1.807) is 0 Å². The maximum atomic E-state index is 5.19. The lowest BCUT2D eigenvalue weighted by molar-refractivity contribution is 0.392. The van der Waals surface area contributed by atoms with Crippen LogP contribution < -0.4 is 5.32 Å². The zero-order valence-corrected chi connectivity index (χ0v) is 13.2. The van der Waals surface area contributed by atoms with Crippen molar-refractivity contribution in [2.45, 2.75) is 33.6 Å². The van der Waals surface area contributed by atoms with Gasteiger partial charge in [0.25, 0.3) is 0 Å². The highest BCUT2D eigenvalue weighted by molar-refractivity contribution is 5.76. The highest BCUT2D eigenvalue weighted by Crippen LogP contribution is 2.17. The second-order valence-corrected chi connectivity index (χ2v) is 5.48. The highest BCUT2D eigenvalue weighted by Gasteiger charge is 2.09. The van der Waals surface area contributed by atoms with Crippen LogP contribution in [0.1, 0.15) is 29.1 Å². The first-order valence-electron chi connectivity index (χ1n) is 7.54. The zero-order chi connectivity index (χ0) is 15.5. The molecule has 0 atom stereocenters. The molecule has 5 nitrogen and oxygen atoms in total. The van der Waals surface area contributed by atoms with Gasteiger partial charge in [-0.25, -0.2) is 9.97 Å². The van der Waals surface area contributed by atoms with Gasteiger partial charge >= 0.3 is 0 Å². The summed E-state index contributed by atoms with van der Waals surface area (Å²) in [6, 6.07) is 7.92. The van der Waals surface area contributed by atoms with E-state index in [1.807, 2.05) is 45.0 Å². The van der Waals surface area contributed by atoms with Crippen LogP contribution in [-0.2, 0) is 6.42 Å². The zero-order valence-electron chi connectivity index (χ0n) is 13.2. The fourth-order valence-electron chi connectivity index (χ4n) is 2.59. The predicted octanol–water partition coefficient (Wildman–Crippen LogP) is 3.59. The Morgan fingerprint density at radius 3 is 2.41 bits per heavy atom. The number of para-hydroxylation sites is 2. The Balaban J connectivity index is 1.63. The fourth-order valence-corrected chi connectivity index (χ4v) is 2.59. The molecule has 3 aromatic rings. The van der Waals surface area contributed by atoms with Crippen LogP contribution in [-0.4, -0.2) is 21.7 Å². The summed E-state index contributed by atoms with van der Waals surface area (Å²) in [4.78, 5) is 9.22. The Labute approximate surface area is 129 Å². The third kappa shape index (κ3) is 2.93. The molecule has 2 heterocycles. The Bertz CT molecular complexity index is 775. The van der Waals surface area contributed by atoms with E-state index in [2.05, 4.69) is 20.4 Å². The number of aromatic nitrogens is 3. The Hall–Kier alpha value is -2.43. The van der Waals surface area contributed by atoms with Gasteiger partial charge in [0.05, 0.1) is 22.4 Å². The summed E-state index contributed by atoms with van der Waals surface area (Å²) in [5, 5.41) is 7.37. The minimum atomic E-state index is 0.845. The molecule has 0 fully saturated rings. The summed E-state index contributed by atoms with van der Waals surface area (Å²) in [5.74, 6) is 1.77. The molecule has 0 bridgehead atoms. The molecule has 0 saturated carbocycles. The lowest BCUT2D eigenvalue weighted by Crippen LogP contribution is -2.07. The van der Waals surface area contributed by atoms with E-state index >= 15 is 0 Å². The molecule has 3 rings (SSSR count). The van der Waals surface area contributed by atoms with Gasteiger partial charge in [0.2, 0.25) is 0 Å². The smallest absolute Gasteiger partial charge is 0.148 e. The lowest BCUT2D eigenvalue weighted by atomic mass is 10.1. The molecule has 0 aliphatic carbocycles. The molecule has 0 amide bonds. The Kier molecular flexibility index (Phi) is 4.04. The molecular formula is C17H20N4O. The van der Waals surface area contributed by atoms with Gasteiger partial charge in [-0.15, -0.1) is 0 Å². The van der Waals surface area contributed by atoms with E-state index in [4.69, 9.17) is 4.52 Å². The third-order valence-electron chi connectivity index (χ3n) is 3.82. The Morgan fingerprint density at radius 2 is 1.73 bits per heavy atom. The minimum Gasteiger partial charge on any atom is -0.369 e. The molecule has 114 valence electrons. The van der Waals surface area contributed by atoms with E-state index in [1.165, 1.54) is 5.56 Å². The number of rotatable bonds is 5. The van der Waals surface area contributed by atoms with Gasteiger partial charge in [-0.05, 0) is 45.7 Å². The number of benzene rings is 1. The van der Waals surface area contributed by atoms with E-state index in [0.717, 1.165) is 53.4 Å². The number of aryl methyl sites for hydroxylation is 3. The second kappa shape index (κ2) is 6.13. The van der Waals surface area contributed by atoms with Gasteiger partial charge in [-0.3, -0.25) is 0 Å². The standard InChI is InChI=1S/C17H20N4O/c1-11-14(13(3)22-21-11)7-6-10-18-17-12(2)19-15-8-4-5-9-16(15)20-17/h4-5,8-9H,6-7,10H2,1-3H3,(H,18,20). The molecule has 0 spiro atoms. The fraction of sp³-hybridized carbons (Fsp3) is 0.353. The monoisotopic (exact) mass is 296 g/mol. The van der Waals surface area contributed by atoms with Crippen LogP contribution >= 0.6 is 0 Å². The number of hydrogen-bond acceptors (Lipinski definition) is 5. The van der Waals surface area contributed by atoms with Crippen molar-refractivity contribution in [2.75, 3.05) is 11.9 Å². The summed E-state index contributed by atoms with van der Waals surface area (Å²) in [7, 11) is 0. The third-order valence-corrected chi connectivity index (χ3v) is 3.82. The van der Waals surface area contributed by atoms with E-state index in [-0.39, 0.29) is 0 Å². The largest absolute Gasteiger partial charge is 0.369 e. The number of hydrogen-bond donors (Lipinski definition) is 1. The van der Waals surface area contributed by atoms with Crippen molar-refractivity contribution in [3.8, 4) is 0 Å². The van der Waals surface area contributed by atoms with Crippen LogP contribution in [0, 0.1) is 20.8 Å². The first kappa shape index (κ1) is 14.5. The van der Waals surface area contributed by atoms with Crippen molar-refractivity contribution in [2.24, 2.45) is 0 Å². The van der Waals surface area contributed by atoms with E-state index in [0.29, 0.717) is 0 Å². The first-order chi connectivity index (χ1) is 10.6. The normalized spacial score (nSPS) is 11.0. The molecule has 22 heavy (non-hydrogen) atoms. The summed E-state index contributed by atoms with van der Waals surface area (Å²) in [5.41, 5.74) is 4.97. The quantitative estimate of drug-likeness (QED) is 0.729. The highest BCUT2D eigenvalue weighted by atomic mass is 16.5. The summed E-state index contributed by atoms with van der Waals surface area (Å²) < 4.78 is 5.19. The van der Waals surface area contributed by atoms with Crippen LogP contribution in [0.4, 0.5) is 5.82 Å². The lowest BCUT2D eigenvalue weighted by Gasteiger charge is -2.09. The molecule has 0 aliphatic rings.